The number of para-hydroxylation sites is 1. The molecule has 3 N–H and O–H groups in total. The van der Waals surface area contributed by atoms with Gasteiger partial charge in [0.2, 0.25) is 0 Å². The molecule has 1 aromatic carbocycles. The van der Waals surface area contributed by atoms with E-state index in [-0.39, 0.29) is 12.1 Å². The van der Waals surface area contributed by atoms with Gasteiger partial charge >= 0.3 is 0 Å². The SMILES string of the molecule is CCCc1nnsc1C(NN)c1ccccc1OC(C)C. The normalized spacial score (nSPS) is 12.6. The summed E-state index contributed by atoms with van der Waals surface area (Å²) in [7, 11) is 0. The zero-order chi connectivity index (χ0) is 15.2. The minimum absolute atomic E-state index is 0.110. The lowest BCUT2D eigenvalue weighted by Gasteiger charge is -2.20. The first kappa shape index (κ1) is 15.9. The average molecular weight is 306 g/mol. The van der Waals surface area contributed by atoms with Gasteiger partial charge in [-0.2, -0.15) is 0 Å². The van der Waals surface area contributed by atoms with Crippen LogP contribution in [0.2, 0.25) is 0 Å². The van der Waals surface area contributed by atoms with E-state index in [0.717, 1.165) is 34.7 Å². The van der Waals surface area contributed by atoms with Gasteiger partial charge in [-0.05, 0) is 37.9 Å². The van der Waals surface area contributed by atoms with Gasteiger partial charge in [0.05, 0.1) is 22.7 Å². The number of rotatable bonds is 7. The van der Waals surface area contributed by atoms with Crippen LogP contribution in [0, 0.1) is 0 Å². The van der Waals surface area contributed by atoms with Crippen molar-refractivity contribution in [1.29, 1.82) is 0 Å². The second-order valence-corrected chi connectivity index (χ2v) is 5.92. The van der Waals surface area contributed by atoms with Crippen molar-refractivity contribution in [2.45, 2.75) is 45.8 Å². The Balaban J connectivity index is 2.39. The molecule has 0 aliphatic rings. The third-order valence-corrected chi connectivity index (χ3v) is 3.92. The third kappa shape index (κ3) is 3.78. The number of hydrogen-bond donors (Lipinski definition) is 2. The van der Waals surface area contributed by atoms with Crippen LogP contribution in [0.4, 0.5) is 0 Å². The molecule has 0 radical (unpaired) electrons. The highest BCUT2D eigenvalue weighted by atomic mass is 32.1. The van der Waals surface area contributed by atoms with E-state index >= 15 is 0 Å². The summed E-state index contributed by atoms with van der Waals surface area (Å²) in [6, 6.07) is 7.79. The van der Waals surface area contributed by atoms with Crippen LogP contribution in [-0.2, 0) is 6.42 Å². The van der Waals surface area contributed by atoms with E-state index in [4.69, 9.17) is 10.6 Å². The number of nitrogens with zero attached hydrogens (tertiary/aromatic N) is 2. The van der Waals surface area contributed by atoms with Gasteiger partial charge in [-0.15, -0.1) is 5.10 Å². The zero-order valence-corrected chi connectivity index (χ0v) is 13.5. The maximum absolute atomic E-state index is 5.89. The molecule has 6 heteroatoms. The van der Waals surface area contributed by atoms with Crippen LogP contribution in [0.25, 0.3) is 0 Å². The molecule has 2 rings (SSSR count). The van der Waals surface area contributed by atoms with Crippen LogP contribution in [0.15, 0.2) is 24.3 Å². The quantitative estimate of drug-likeness (QED) is 0.608. The number of nitrogens with one attached hydrogen (secondary N) is 1. The summed E-state index contributed by atoms with van der Waals surface area (Å²) in [4.78, 5) is 1.05. The monoisotopic (exact) mass is 306 g/mol. The van der Waals surface area contributed by atoms with E-state index in [0.29, 0.717) is 0 Å². The van der Waals surface area contributed by atoms with E-state index < -0.39 is 0 Å². The predicted molar refractivity (Wildman–Crippen MR) is 85.3 cm³/mol. The van der Waals surface area contributed by atoms with E-state index in [1.165, 1.54) is 11.5 Å². The molecule has 0 amide bonds. The minimum atomic E-state index is -0.151. The minimum Gasteiger partial charge on any atom is -0.491 e. The molecule has 1 unspecified atom stereocenters. The fraction of sp³-hybridized carbons (Fsp3) is 0.467. The highest BCUT2D eigenvalue weighted by molar-refractivity contribution is 7.05. The molecule has 2 aromatic rings. The molecule has 21 heavy (non-hydrogen) atoms. The van der Waals surface area contributed by atoms with Crippen LogP contribution in [0.3, 0.4) is 0 Å². The zero-order valence-electron chi connectivity index (χ0n) is 12.7. The van der Waals surface area contributed by atoms with Crippen LogP contribution in [-0.4, -0.2) is 15.7 Å². The average Bonchev–Trinajstić information content (AvgIpc) is 2.90. The first-order chi connectivity index (χ1) is 10.2. The van der Waals surface area contributed by atoms with E-state index in [1.54, 1.807) is 0 Å². The van der Waals surface area contributed by atoms with Crippen molar-refractivity contribution in [1.82, 2.24) is 15.0 Å². The molecule has 0 aliphatic heterocycles. The van der Waals surface area contributed by atoms with Crippen molar-refractivity contribution in [3.63, 3.8) is 0 Å². The fourth-order valence-corrected chi connectivity index (χ4v) is 3.01. The Bertz CT molecular complexity index is 570. The molecule has 114 valence electrons. The topological polar surface area (TPSA) is 73.1 Å². The van der Waals surface area contributed by atoms with Crippen molar-refractivity contribution in [2.75, 3.05) is 0 Å². The lowest BCUT2D eigenvalue weighted by atomic mass is 10.0. The lowest BCUT2D eigenvalue weighted by molar-refractivity contribution is 0.238. The summed E-state index contributed by atoms with van der Waals surface area (Å²) in [6.45, 7) is 6.15. The second-order valence-electron chi connectivity index (χ2n) is 5.14. The number of aromatic nitrogens is 2. The summed E-state index contributed by atoms with van der Waals surface area (Å²) >= 11 is 1.39. The summed E-state index contributed by atoms with van der Waals surface area (Å²) in [6.07, 6.45) is 2.04. The molecule has 0 saturated heterocycles. The molecule has 1 aromatic heterocycles. The van der Waals surface area contributed by atoms with E-state index in [9.17, 15) is 0 Å². The van der Waals surface area contributed by atoms with Crippen molar-refractivity contribution in [3.05, 3.63) is 40.4 Å². The Labute approximate surface area is 129 Å². The Morgan fingerprint density at radius 3 is 2.76 bits per heavy atom. The van der Waals surface area contributed by atoms with Crippen LogP contribution >= 0.6 is 11.5 Å². The van der Waals surface area contributed by atoms with Gasteiger partial charge in [-0.25, -0.2) is 5.43 Å². The Morgan fingerprint density at radius 1 is 1.33 bits per heavy atom. The van der Waals surface area contributed by atoms with Gasteiger partial charge < -0.3 is 4.74 Å². The van der Waals surface area contributed by atoms with Gasteiger partial charge in [0.15, 0.2) is 0 Å². The standard InChI is InChI=1S/C15H22N4OS/c1-4-7-12-15(21-19-18-12)14(17-16)11-8-5-6-9-13(11)20-10(2)3/h5-6,8-10,14,17H,4,7,16H2,1-3H3. The molecule has 0 spiro atoms. The Hall–Kier alpha value is -1.50. The largest absolute Gasteiger partial charge is 0.491 e. The summed E-state index contributed by atoms with van der Waals surface area (Å²) in [5.41, 5.74) is 4.90. The first-order valence-corrected chi connectivity index (χ1v) is 7.97. The maximum Gasteiger partial charge on any atom is 0.124 e. The van der Waals surface area contributed by atoms with Crippen LogP contribution in [0.5, 0.6) is 5.75 Å². The van der Waals surface area contributed by atoms with Gasteiger partial charge in [-0.3, -0.25) is 5.84 Å². The molecule has 5 nitrogen and oxygen atoms in total. The third-order valence-electron chi connectivity index (χ3n) is 3.09. The van der Waals surface area contributed by atoms with Crippen molar-refractivity contribution in [3.8, 4) is 5.75 Å². The molecular formula is C15H22N4OS. The lowest BCUT2D eigenvalue weighted by Crippen LogP contribution is -2.29. The number of hydrogen-bond acceptors (Lipinski definition) is 6. The van der Waals surface area contributed by atoms with E-state index in [1.807, 2.05) is 38.1 Å². The molecule has 0 fully saturated rings. The van der Waals surface area contributed by atoms with Gasteiger partial charge in [0.1, 0.15) is 5.75 Å². The van der Waals surface area contributed by atoms with Gasteiger partial charge in [-0.1, -0.05) is 36.0 Å². The second kappa shape index (κ2) is 7.49. The predicted octanol–water partition coefficient (Wildman–Crippen LogP) is 2.83. The maximum atomic E-state index is 5.89. The molecule has 0 aliphatic carbocycles. The summed E-state index contributed by atoms with van der Waals surface area (Å²) < 4.78 is 9.98. The smallest absolute Gasteiger partial charge is 0.124 e. The fourth-order valence-electron chi connectivity index (χ4n) is 2.23. The number of benzene rings is 1. The number of aryl methyl sites for hydroxylation is 1. The molecule has 0 saturated carbocycles. The highest BCUT2D eigenvalue weighted by Gasteiger charge is 2.23. The van der Waals surface area contributed by atoms with Gasteiger partial charge in [0, 0.05) is 5.56 Å². The summed E-state index contributed by atoms with van der Waals surface area (Å²) in [5, 5.41) is 4.22. The highest BCUT2D eigenvalue weighted by Crippen LogP contribution is 2.33. The molecule has 1 atom stereocenters. The van der Waals surface area contributed by atoms with Crippen molar-refractivity contribution < 1.29 is 4.74 Å². The van der Waals surface area contributed by atoms with Crippen molar-refractivity contribution in [2.24, 2.45) is 5.84 Å². The van der Waals surface area contributed by atoms with Crippen LogP contribution in [0.1, 0.15) is 49.4 Å². The Morgan fingerprint density at radius 2 is 2.10 bits per heavy atom. The number of hydrazine groups is 1. The molecular weight excluding hydrogens is 284 g/mol. The number of ether oxygens (including phenoxy) is 1. The van der Waals surface area contributed by atoms with E-state index in [2.05, 4.69) is 21.9 Å². The Kier molecular flexibility index (Phi) is 5.67. The molecule has 1 heterocycles. The summed E-state index contributed by atoms with van der Waals surface area (Å²) in [5.74, 6) is 6.65. The van der Waals surface area contributed by atoms with Crippen LogP contribution < -0.4 is 16.0 Å². The number of nitrogens with two attached hydrogens (primary N) is 1. The first-order valence-electron chi connectivity index (χ1n) is 7.20. The van der Waals surface area contributed by atoms with Gasteiger partial charge in [0.25, 0.3) is 0 Å². The van der Waals surface area contributed by atoms with Crippen molar-refractivity contribution >= 4 is 11.5 Å². The molecule has 0 bridgehead atoms.